The van der Waals surface area contributed by atoms with Crippen molar-refractivity contribution < 1.29 is 9.90 Å². The van der Waals surface area contributed by atoms with Gasteiger partial charge >= 0.3 is 5.97 Å². The van der Waals surface area contributed by atoms with E-state index in [-0.39, 0.29) is 5.92 Å². The largest absolute Gasteiger partial charge is 0.481 e. The highest BCUT2D eigenvalue weighted by Gasteiger charge is 2.55. The van der Waals surface area contributed by atoms with Crippen LogP contribution in [0, 0.1) is 29.6 Å². The van der Waals surface area contributed by atoms with Crippen molar-refractivity contribution in [2.24, 2.45) is 29.6 Å². The van der Waals surface area contributed by atoms with Crippen LogP contribution in [0.15, 0.2) is 0 Å². The molecule has 0 amide bonds. The van der Waals surface area contributed by atoms with Crippen LogP contribution in [0.5, 0.6) is 0 Å². The summed E-state index contributed by atoms with van der Waals surface area (Å²) in [6.07, 6.45) is 6.20. The van der Waals surface area contributed by atoms with Crippen LogP contribution in [-0.4, -0.2) is 11.1 Å². The molecule has 0 spiro atoms. The van der Waals surface area contributed by atoms with Crippen molar-refractivity contribution in [2.45, 2.75) is 32.1 Å². The number of hydrogen-bond acceptors (Lipinski definition) is 1. The van der Waals surface area contributed by atoms with Gasteiger partial charge in [0.05, 0.1) is 5.92 Å². The molecule has 3 aliphatic carbocycles. The van der Waals surface area contributed by atoms with Gasteiger partial charge in [0, 0.05) is 0 Å². The maximum absolute atomic E-state index is 11.0. The Balaban J connectivity index is 1.89. The van der Waals surface area contributed by atoms with Gasteiger partial charge in [0.2, 0.25) is 0 Å². The Bertz CT molecular complexity index is 248. The van der Waals surface area contributed by atoms with Crippen molar-refractivity contribution in [3.05, 3.63) is 0 Å². The molecule has 0 aromatic rings. The molecule has 13 heavy (non-hydrogen) atoms. The molecule has 0 heterocycles. The van der Waals surface area contributed by atoms with Gasteiger partial charge in [0.15, 0.2) is 0 Å². The lowest BCUT2D eigenvalue weighted by Gasteiger charge is -2.15. The zero-order valence-electron chi connectivity index (χ0n) is 7.78. The molecule has 0 saturated heterocycles. The van der Waals surface area contributed by atoms with E-state index in [2.05, 4.69) is 0 Å². The fourth-order valence-electron chi connectivity index (χ4n) is 4.36. The first-order valence-electron chi connectivity index (χ1n) is 5.50. The molecule has 2 nitrogen and oxygen atoms in total. The minimum Gasteiger partial charge on any atom is -0.481 e. The summed E-state index contributed by atoms with van der Waals surface area (Å²) in [7, 11) is 0. The molecule has 72 valence electrons. The first kappa shape index (κ1) is 7.84. The third-order valence-corrected chi connectivity index (χ3v) is 4.75. The molecule has 0 aliphatic heterocycles. The molecule has 1 N–H and O–H groups in total. The van der Waals surface area contributed by atoms with Gasteiger partial charge < -0.3 is 5.11 Å². The number of rotatable bonds is 1. The second-order valence-corrected chi connectivity index (χ2v) is 5.10. The molecule has 3 saturated carbocycles. The van der Waals surface area contributed by atoms with Gasteiger partial charge in [-0.05, 0) is 55.8 Å². The predicted molar refractivity (Wildman–Crippen MR) is 48.2 cm³/mol. The average Bonchev–Trinajstić information content (AvgIpc) is 2.72. The van der Waals surface area contributed by atoms with Crippen molar-refractivity contribution >= 4 is 5.97 Å². The Morgan fingerprint density at radius 3 is 2.54 bits per heavy atom. The van der Waals surface area contributed by atoms with E-state index in [9.17, 15) is 4.79 Å². The smallest absolute Gasteiger partial charge is 0.306 e. The van der Waals surface area contributed by atoms with Gasteiger partial charge in [-0.25, -0.2) is 0 Å². The van der Waals surface area contributed by atoms with E-state index in [1.807, 2.05) is 0 Å². The number of hydrogen-bond donors (Lipinski definition) is 1. The molecule has 1 unspecified atom stereocenters. The standard InChI is InChI=1S/C11H16O2/c12-11(13)9-5-7-2-1-6-3-4-8(9)10(6)7/h6-10H,1-5H2,(H,12,13)/t6-,7+,8-,9?,10+/m0/s1. The normalized spacial score (nSPS) is 52.5. The van der Waals surface area contributed by atoms with Crippen LogP contribution >= 0.6 is 0 Å². The number of carboxylic acids is 1. The quantitative estimate of drug-likeness (QED) is 0.671. The Morgan fingerprint density at radius 1 is 1.08 bits per heavy atom. The first-order chi connectivity index (χ1) is 6.27. The van der Waals surface area contributed by atoms with Gasteiger partial charge in [0.25, 0.3) is 0 Å². The SMILES string of the molecule is O=C(O)C1C[C@H]2CC[C@H]3CC[C@@H]1[C@H]32. The summed E-state index contributed by atoms with van der Waals surface area (Å²) in [6.45, 7) is 0. The van der Waals surface area contributed by atoms with Crippen LogP contribution in [0.2, 0.25) is 0 Å². The van der Waals surface area contributed by atoms with E-state index in [1.54, 1.807) is 0 Å². The molecule has 3 aliphatic rings. The van der Waals surface area contributed by atoms with Crippen molar-refractivity contribution in [2.75, 3.05) is 0 Å². The van der Waals surface area contributed by atoms with E-state index in [0.717, 1.165) is 24.2 Å². The minimum absolute atomic E-state index is 0.0142. The van der Waals surface area contributed by atoms with Crippen LogP contribution in [0.25, 0.3) is 0 Å². The summed E-state index contributed by atoms with van der Waals surface area (Å²) >= 11 is 0. The molecular formula is C11H16O2. The lowest BCUT2D eigenvalue weighted by Crippen LogP contribution is -2.19. The summed E-state index contributed by atoms with van der Waals surface area (Å²) in [5, 5.41) is 9.09. The average molecular weight is 180 g/mol. The highest BCUT2D eigenvalue weighted by Crippen LogP contribution is 2.60. The fraction of sp³-hybridized carbons (Fsp3) is 0.909. The summed E-state index contributed by atoms with van der Waals surface area (Å²) in [6, 6.07) is 0. The van der Waals surface area contributed by atoms with Crippen molar-refractivity contribution in [3.8, 4) is 0 Å². The van der Waals surface area contributed by atoms with Crippen LogP contribution in [0.4, 0.5) is 0 Å². The molecule has 2 heteroatoms. The predicted octanol–water partition coefficient (Wildman–Crippen LogP) is 2.14. The lowest BCUT2D eigenvalue weighted by molar-refractivity contribution is -0.143. The Morgan fingerprint density at radius 2 is 1.77 bits per heavy atom. The molecule has 3 fully saturated rings. The van der Waals surface area contributed by atoms with Gasteiger partial charge in [-0.2, -0.15) is 0 Å². The summed E-state index contributed by atoms with van der Waals surface area (Å²) in [5.74, 6) is 2.52. The summed E-state index contributed by atoms with van der Waals surface area (Å²) in [4.78, 5) is 11.0. The second-order valence-electron chi connectivity index (χ2n) is 5.10. The van der Waals surface area contributed by atoms with E-state index < -0.39 is 5.97 Å². The van der Waals surface area contributed by atoms with E-state index in [1.165, 1.54) is 25.7 Å². The lowest BCUT2D eigenvalue weighted by atomic mass is 9.89. The van der Waals surface area contributed by atoms with Crippen molar-refractivity contribution in [3.63, 3.8) is 0 Å². The number of carboxylic acid groups (broad SMARTS) is 1. The highest BCUT2D eigenvalue weighted by atomic mass is 16.4. The van der Waals surface area contributed by atoms with Gasteiger partial charge in [-0.3, -0.25) is 4.79 Å². The zero-order valence-corrected chi connectivity index (χ0v) is 7.78. The minimum atomic E-state index is -0.528. The molecule has 0 bridgehead atoms. The van der Waals surface area contributed by atoms with Crippen molar-refractivity contribution in [1.29, 1.82) is 0 Å². The Hall–Kier alpha value is -0.530. The number of aliphatic carboxylic acids is 1. The van der Waals surface area contributed by atoms with E-state index >= 15 is 0 Å². The summed E-state index contributed by atoms with van der Waals surface area (Å²) in [5.41, 5.74) is 0. The first-order valence-corrected chi connectivity index (χ1v) is 5.50. The number of carbonyl (C=O) groups is 1. The van der Waals surface area contributed by atoms with Crippen LogP contribution < -0.4 is 0 Å². The van der Waals surface area contributed by atoms with Gasteiger partial charge in [-0.15, -0.1) is 0 Å². The molecule has 0 radical (unpaired) electrons. The molecular weight excluding hydrogens is 164 g/mol. The summed E-state index contributed by atoms with van der Waals surface area (Å²) < 4.78 is 0. The second kappa shape index (κ2) is 2.49. The molecule has 0 aromatic heterocycles. The Kier molecular flexibility index (Phi) is 1.50. The van der Waals surface area contributed by atoms with Gasteiger partial charge in [0.1, 0.15) is 0 Å². The van der Waals surface area contributed by atoms with Crippen molar-refractivity contribution in [1.82, 2.24) is 0 Å². The fourth-order valence-corrected chi connectivity index (χ4v) is 4.36. The Labute approximate surface area is 78.3 Å². The van der Waals surface area contributed by atoms with Crippen LogP contribution in [0.1, 0.15) is 32.1 Å². The maximum Gasteiger partial charge on any atom is 0.306 e. The van der Waals surface area contributed by atoms with Gasteiger partial charge in [-0.1, -0.05) is 0 Å². The maximum atomic E-state index is 11.0. The monoisotopic (exact) mass is 180 g/mol. The van der Waals surface area contributed by atoms with Crippen LogP contribution in [-0.2, 0) is 4.79 Å². The molecule has 0 aromatic carbocycles. The molecule has 5 atom stereocenters. The third-order valence-electron chi connectivity index (χ3n) is 4.75. The third kappa shape index (κ3) is 0.918. The van der Waals surface area contributed by atoms with Crippen LogP contribution in [0.3, 0.4) is 0 Å². The van der Waals surface area contributed by atoms with E-state index in [4.69, 9.17) is 5.11 Å². The van der Waals surface area contributed by atoms with E-state index in [0.29, 0.717) is 5.92 Å². The zero-order chi connectivity index (χ0) is 9.00. The molecule has 3 rings (SSSR count). The topological polar surface area (TPSA) is 37.3 Å². The highest BCUT2D eigenvalue weighted by molar-refractivity contribution is 5.71.